The van der Waals surface area contributed by atoms with Crippen molar-refractivity contribution in [3.8, 4) is 0 Å². The van der Waals surface area contributed by atoms with E-state index in [9.17, 15) is 9.18 Å². The van der Waals surface area contributed by atoms with Gasteiger partial charge in [0.25, 0.3) is 0 Å². The number of ether oxygens (including phenoxy) is 1. The smallest absolute Gasteiger partial charge is 0.332 e. The Morgan fingerprint density at radius 2 is 2.05 bits per heavy atom. The molecule has 0 amide bonds. The van der Waals surface area contributed by atoms with E-state index < -0.39 is 5.54 Å². The molecule has 116 valence electrons. The van der Waals surface area contributed by atoms with E-state index in [4.69, 9.17) is 4.74 Å². The van der Waals surface area contributed by atoms with Gasteiger partial charge < -0.3 is 10.1 Å². The average Bonchev–Trinajstić information content (AvgIpc) is 2.64. The maximum absolute atomic E-state index is 13.6. The van der Waals surface area contributed by atoms with Gasteiger partial charge in [-0.3, -0.25) is 0 Å². The number of aryl methyl sites for hydroxylation is 1. The largest absolute Gasteiger partial charge is 0.464 e. The van der Waals surface area contributed by atoms with E-state index in [1.54, 1.807) is 6.92 Å². The van der Waals surface area contributed by atoms with Crippen molar-refractivity contribution in [3.63, 3.8) is 0 Å². The van der Waals surface area contributed by atoms with Crippen LogP contribution >= 0.6 is 0 Å². The average molecular weight is 293 g/mol. The van der Waals surface area contributed by atoms with Crippen molar-refractivity contribution in [1.82, 2.24) is 0 Å². The third-order valence-electron chi connectivity index (χ3n) is 4.53. The van der Waals surface area contributed by atoms with E-state index in [2.05, 4.69) is 19.2 Å². The SMILES string of the molecule is CCOC(=O)C1(Nc2cc(C)cc(F)c2)CCCC1(C)C. The minimum atomic E-state index is -0.788. The Hall–Kier alpha value is -1.58. The Morgan fingerprint density at radius 3 is 2.57 bits per heavy atom. The molecule has 1 aromatic carbocycles. The summed E-state index contributed by atoms with van der Waals surface area (Å²) in [5, 5.41) is 3.30. The lowest BCUT2D eigenvalue weighted by atomic mass is 9.74. The molecule has 0 spiro atoms. The summed E-state index contributed by atoms with van der Waals surface area (Å²) < 4.78 is 18.9. The first kappa shape index (κ1) is 15.8. The second-order valence-corrected chi connectivity index (χ2v) is 6.51. The zero-order valence-corrected chi connectivity index (χ0v) is 13.3. The second-order valence-electron chi connectivity index (χ2n) is 6.51. The highest BCUT2D eigenvalue weighted by atomic mass is 19.1. The van der Waals surface area contributed by atoms with Crippen molar-refractivity contribution < 1.29 is 13.9 Å². The van der Waals surface area contributed by atoms with Gasteiger partial charge >= 0.3 is 5.97 Å². The first-order valence-corrected chi connectivity index (χ1v) is 7.53. The van der Waals surface area contributed by atoms with E-state index in [1.807, 2.05) is 13.0 Å². The quantitative estimate of drug-likeness (QED) is 0.851. The molecule has 0 saturated heterocycles. The van der Waals surface area contributed by atoms with Crippen LogP contribution in [-0.2, 0) is 9.53 Å². The van der Waals surface area contributed by atoms with Gasteiger partial charge in [0, 0.05) is 5.69 Å². The highest BCUT2D eigenvalue weighted by molar-refractivity contribution is 5.86. The van der Waals surface area contributed by atoms with Crippen molar-refractivity contribution in [2.24, 2.45) is 5.41 Å². The van der Waals surface area contributed by atoms with Crippen LogP contribution in [0.2, 0.25) is 0 Å². The monoisotopic (exact) mass is 293 g/mol. The summed E-state index contributed by atoms with van der Waals surface area (Å²) in [6.07, 6.45) is 2.59. The highest BCUT2D eigenvalue weighted by Crippen LogP contribution is 2.48. The fraction of sp³-hybridized carbons (Fsp3) is 0.588. The summed E-state index contributed by atoms with van der Waals surface area (Å²) >= 11 is 0. The number of anilines is 1. The van der Waals surface area contributed by atoms with Crippen LogP contribution < -0.4 is 5.32 Å². The summed E-state index contributed by atoms with van der Waals surface area (Å²) in [5.41, 5.74) is 0.436. The Balaban J connectivity index is 2.39. The molecule has 0 heterocycles. The number of hydrogen-bond acceptors (Lipinski definition) is 3. The van der Waals surface area contributed by atoms with Crippen LogP contribution in [0.1, 0.15) is 45.6 Å². The summed E-state index contributed by atoms with van der Waals surface area (Å²) in [6.45, 7) is 8.12. The molecule has 1 N–H and O–H groups in total. The maximum Gasteiger partial charge on any atom is 0.332 e. The number of rotatable bonds is 4. The number of esters is 1. The second kappa shape index (κ2) is 5.66. The van der Waals surface area contributed by atoms with Crippen LogP contribution in [0.5, 0.6) is 0 Å². The van der Waals surface area contributed by atoms with Crippen molar-refractivity contribution in [2.45, 2.75) is 52.5 Å². The predicted octanol–water partition coefficient (Wildman–Crippen LogP) is 4.06. The molecule has 1 aliphatic rings. The number of halogens is 1. The molecule has 1 unspecified atom stereocenters. The lowest BCUT2D eigenvalue weighted by Crippen LogP contribution is -2.54. The topological polar surface area (TPSA) is 38.3 Å². The van der Waals surface area contributed by atoms with E-state index in [0.29, 0.717) is 18.7 Å². The standard InChI is InChI=1S/C17H24FNO2/c1-5-21-15(20)17(8-6-7-16(17,3)4)19-14-10-12(2)9-13(18)11-14/h9-11,19H,5-8H2,1-4H3. The molecule has 1 aromatic rings. The number of benzene rings is 1. The normalized spacial score (nSPS) is 23.9. The first-order valence-electron chi connectivity index (χ1n) is 7.53. The molecule has 3 nitrogen and oxygen atoms in total. The van der Waals surface area contributed by atoms with E-state index in [1.165, 1.54) is 12.1 Å². The third kappa shape index (κ3) is 2.89. The molecule has 0 aliphatic heterocycles. The summed E-state index contributed by atoms with van der Waals surface area (Å²) in [6, 6.07) is 4.77. The van der Waals surface area contributed by atoms with Gasteiger partial charge in [-0.2, -0.15) is 0 Å². The number of carbonyl (C=O) groups is 1. The zero-order valence-electron chi connectivity index (χ0n) is 13.3. The molecular weight excluding hydrogens is 269 g/mol. The number of hydrogen-bond donors (Lipinski definition) is 1. The lowest BCUT2D eigenvalue weighted by molar-refractivity contribution is -0.151. The van der Waals surface area contributed by atoms with E-state index in [0.717, 1.165) is 18.4 Å². The van der Waals surface area contributed by atoms with Gasteiger partial charge in [0.05, 0.1) is 6.61 Å². The van der Waals surface area contributed by atoms with Gasteiger partial charge in [-0.25, -0.2) is 9.18 Å². The van der Waals surface area contributed by atoms with E-state index >= 15 is 0 Å². The Bertz CT molecular complexity index is 521. The predicted molar refractivity (Wildman–Crippen MR) is 81.8 cm³/mol. The molecule has 0 bridgehead atoms. The van der Waals surface area contributed by atoms with Gasteiger partial charge in [0.15, 0.2) is 0 Å². The lowest BCUT2D eigenvalue weighted by Gasteiger charge is -2.40. The molecule has 21 heavy (non-hydrogen) atoms. The molecule has 1 fully saturated rings. The first-order chi connectivity index (χ1) is 9.80. The van der Waals surface area contributed by atoms with Gasteiger partial charge in [0.2, 0.25) is 0 Å². The molecule has 1 saturated carbocycles. The maximum atomic E-state index is 13.6. The molecular formula is C17H24FNO2. The van der Waals surface area contributed by atoms with Crippen molar-refractivity contribution in [3.05, 3.63) is 29.6 Å². The summed E-state index contributed by atoms with van der Waals surface area (Å²) in [4.78, 5) is 12.6. The minimum absolute atomic E-state index is 0.237. The van der Waals surface area contributed by atoms with Crippen LogP contribution in [0.3, 0.4) is 0 Å². The molecule has 1 aliphatic carbocycles. The zero-order chi connectivity index (χ0) is 15.7. The Kier molecular flexibility index (Phi) is 4.26. The molecule has 2 rings (SSSR count). The summed E-state index contributed by atoms with van der Waals surface area (Å²) in [7, 11) is 0. The van der Waals surface area contributed by atoms with Crippen LogP contribution in [0.4, 0.5) is 10.1 Å². The molecule has 0 aromatic heterocycles. The molecule has 1 atom stereocenters. The number of nitrogens with one attached hydrogen (secondary N) is 1. The molecule has 0 radical (unpaired) electrons. The fourth-order valence-corrected chi connectivity index (χ4v) is 3.32. The third-order valence-corrected chi connectivity index (χ3v) is 4.53. The van der Waals surface area contributed by atoms with Gasteiger partial charge in [0.1, 0.15) is 11.4 Å². The fourth-order valence-electron chi connectivity index (χ4n) is 3.32. The Morgan fingerprint density at radius 1 is 1.33 bits per heavy atom. The van der Waals surface area contributed by atoms with Gasteiger partial charge in [-0.1, -0.05) is 13.8 Å². The molecule has 4 heteroatoms. The number of carbonyl (C=O) groups excluding carboxylic acids is 1. The van der Waals surface area contributed by atoms with Crippen molar-refractivity contribution in [2.75, 3.05) is 11.9 Å². The van der Waals surface area contributed by atoms with E-state index in [-0.39, 0.29) is 17.2 Å². The van der Waals surface area contributed by atoms with Crippen LogP contribution in [0, 0.1) is 18.2 Å². The van der Waals surface area contributed by atoms with Gasteiger partial charge in [-0.05, 0) is 62.3 Å². The minimum Gasteiger partial charge on any atom is -0.464 e. The summed E-state index contributed by atoms with van der Waals surface area (Å²) in [5.74, 6) is -0.540. The Labute approximate surface area is 125 Å². The van der Waals surface area contributed by atoms with Crippen molar-refractivity contribution in [1.29, 1.82) is 0 Å². The van der Waals surface area contributed by atoms with Crippen LogP contribution in [-0.4, -0.2) is 18.1 Å². The van der Waals surface area contributed by atoms with Gasteiger partial charge in [-0.15, -0.1) is 0 Å². The van der Waals surface area contributed by atoms with Crippen LogP contribution in [0.25, 0.3) is 0 Å². The highest BCUT2D eigenvalue weighted by Gasteiger charge is 2.55. The van der Waals surface area contributed by atoms with Crippen LogP contribution in [0.15, 0.2) is 18.2 Å². The van der Waals surface area contributed by atoms with Crippen molar-refractivity contribution >= 4 is 11.7 Å².